The summed E-state index contributed by atoms with van der Waals surface area (Å²) in [6.07, 6.45) is 0. The molecule has 4 aromatic rings. The van der Waals surface area contributed by atoms with E-state index in [1.165, 1.54) is 5.56 Å². The van der Waals surface area contributed by atoms with Gasteiger partial charge in [-0.25, -0.2) is 0 Å². The molecule has 0 unspecified atom stereocenters. The van der Waals surface area contributed by atoms with Crippen LogP contribution in [0.25, 0.3) is 27.8 Å². The third kappa shape index (κ3) is 2.41. The second kappa shape index (κ2) is 6.16. The molecule has 0 radical (unpaired) electrons. The van der Waals surface area contributed by atoms with E-state index in [2.05, 4.69) is 31.0 Å². The molecular weight excluding hydrogens is 334 g/mol. The Bertz CT molecular complexity index is 1270. The van der Waals surface area contributed by atoms with E-state index in [0.717, 1.165) is 16.6 Å². The van der Waals surface area contributed by atoms with E-state index >= 15 is 0 Å². The van der Waals surface area contributed by atoms with E-state index in [4.69, 9.17) is 5.73 Å². The van der Waals surface area contributed by atoms with Crippen molar-refractivity contribution in [2.75, 3.05) is 5.73 Å². The summed E-state index contributed by atoms with van der Waals surface area (Å²) in [4.78, 5) is 3.28. The van der Waals surface area contributed by atoms with Gasteiger partial charge in [0.25, 0.3) is 5.65 Å². The zero-order valence-corrected chi connectivity index (χ0v) is 15.1. The molecule has 0 aliphatic carbocycles. The number of nitrogens with zero attached hydrogens (tertiary/aromatic N) is 3. The maximum absolute atomic E-state index is 9.92. The van der Waals surface area contributed by atoms with Crippen molar-refractivity contribution in [1.82, 2.24) is 4.98 Å². The van der Waals surface area contributed by atoms with Crippen LogP contribution in [0.5, 0.6) is 0 Å². The van der Waals surface area contributed by atoms with Crippen molar-refractivity contribution < 1.29 is 4.40 Å². The molecule has 2 aromatic heterocycles. The molecule has 0 atom stereocenters. The number of H-pyrrole nitrogens is 1. The van der Waals surface area contributed by atoms with Crippen molar-refractivity contribution >= 4 is 22.5 Å². The SMILES string of the molecule is CC(C)c1ccc(-c2c(C#N)c(N)[n+]3c([nH]c4ccccc43)c2C#N)cc1. The summed E-state index contributed by atoms with van der Waals surface area (Å²) >= 11 is 0. The largest absolute Gasteiger partial charge is 0.317 e. The monoisotopic (exact) mass is 352 g/mol. The van der Waals surface area contributed by atoms with Gasteiger partial charge in [0.15, 0.2) is 0 Å². The number of hydrogen-bond donors (Lipinski definition) is 2. The van der Waals surface area contributed by atoms with Crippen molar-refractivity contribution in [3.8, 4) is 23.3 Å². The molecule has 0 saturated carbocycles. The highest BCUT2D eigenvalue weighted by molar-refractivity contribution is 5.87. The van der Waals surface area contributed by atoms with Crippen LogP contribution in [-0.4, -0.2) is 4.98 Å². The van der Waals surface area contributed by atoms with Gasteiger partial charge in [-0.15, -0.1) is 0 Å². The first-order valence-electron chi connectivity index (χ1n) is 8.75. The molecule has 4 rings (SSSR count). The molecule has 0 bridgehead atoms. The van der Waals surface area contributed by atoms with Crippen molar-refractivity contribution in [2.45, 2.75) is 19.8 Å². The first kappa shape index (κ1) is 16.6. The van der Waals surface area contributed by atoms with Crippen LogP contribution in [0, 0.1) is 22.7 Å². The second-order valence-corrected chi connectivity index (χ2v) is 6.84. The number of pyridine rings is 1. The zero-order chi connectivity index (χ0) is 19.1. The lowest BCUT2D eigenvalue weighted by molar-refractivity contribution is -0.464. The minimum absolute atomic E-state index is 0.311. The average molecular weight is 352 g/mol. The van der Waals surface area contributed by atoms with Crippen molar-refractivity contribution in [3.63, 3.8) is 0 Å². The summed E-state index contributed by atoms with van der Waals surface area (Å²) < 4.78 is 1.75. The summed E-state index contributed by atoms with van der Waals surface area (Å²) in [7, 11) is 0. The molecule has 0 amide bonds. The van der Waals surface area contributed by atoms with E-state index in [0.29, 0.717) is 34.1 Å². The number of imidazole rings is 1. The average Bonchev–Trinajstić information content (AvgIpc) is 3.07. The molecule has 5 heteroatoms. The Morgan fingerprint density at radius 3 is 2.26 bits per heavy atom. The van der Waals surface area contributed by atoms with Crippen LogP contribution in [0.1, 0.15) is 36.5 Å². The number of nitriles is 2. The van der Waals surface area contributed by atoms with Crippen LogP contribution in [0.3, 0.4) is 0 Å². The summed E-state index contributed by atoms with van der Waals surface area (Å²) in [5.41, 5.74) is 12.0. The van der Waals surface area contributed by atoms with Gasteiger partial charge < -0.3 is 5.73 Å². The summed E-state index contributed by atoms with van der Waals surface area (Å²) in [5.74, 6) is 0.730. The highest BCUT2D eigenvalue weighted by atomic mass is 15.1. The minimum Gasteiger partial charge on any atom is -0.317 e. The number of aromatic amines is 1. The standard InChI is InChI=1S/C22H17N5/c1-13(2)14-7-9-15(10-8-14)20-16(11-23)21(25)27-19-6-4-3-5-18(19)26-22(27)17(20)12-24/h3-10,13H,1-2H3,(H2,25,26)/p+1. The van der Waals surface area contributed by atoms with Gasteiger partial charge in [0.05, 0.1) is 0 Å². The zero-order valence-electron chi connectivity index (χ0n) is 15.1. The molecule has 0 saturated heterocycles. The molecule has 0 aliphatic rings. The Kier molecular flexibility index (Phi) is 3.79. The fourth-order valence-corrected chi connectivity index (χ4v) is 3.53. The Labute approximate surface area is 156 Å². The molecule has 0 fully saturated rings. The third-order valence-electron chi connectivity index (χ3n) is 4.95. The summed E-state index contributed by atoms with van der Waals surface area (Å²) in [5, 5.41) is 19.8. The topological polar surface area (TPSA) is 93.5 Å². The number of hydrogen-bond acceptors (Lipinski definition) is 3. The maximum atomic E-state index is 9.92. The van der Waals surface area contributed by atoms with Crippen LogP contribution >= 0.6 is 0 Å². The van der Waals surface area contributed by atoms with Gasteiger partial charge in [-0.3, -0.25) is 4.98 Å². The number of aromatic nitrogens is 2. The molecule has 2 aromatic carbocycles. The third-order valence-corrected chi connectivity index (χ3v) is 4.95. The fourth-order valence-electron chi connectivity index (χ4n) is 3.53. The van der Waals surface area contributed by atoms with Crippen LogP contribution in [-0.2, 0) is 0 Å². The van der Waals surface area contributed by atoms with E-state index in [9.17, 15) is 10.5 Å². The van der Waals surface area contributed by atoms with Gasteiger partial charge in [-0.2, -0.15) is 14.9 Å². The first-order valence-corrected chi connectivity index (χ1v) is 8.75. The Balaban J connectivity index is 2.13. The lowest BCUT2D eigenvalue weighted by Crippen LogP contribution is -2.28. The normalized spacial score (nSPS) is 11.0. The Morgan fingerprint density at radius 1 is 0.963 bits per heavy atom. The van der Waals surface area contributed by atoms with E-state index in [1.54, 1.807) is 4.40 Å². The first-order chi connectivity index (χ1) is 13.1. The van der Waals surface area contributed by atoms with Gasteiger partial charge in [-0.1, -0.05) is 50.2 Å². The van der Waals surface area contributed by atoms with E-state index in [-0.39, 0.29) is 0 Å². The highest BCUT2D eigenvalue weighted by Gasteiger charge is 2.26. The fraction of sp³-hybridized carbons (Fsp3) is 0.136. The molecule has 130 valence electrons. The molecule has 0 aliphatic heterocycles. The van der Waals surface area contributed by atoms with Crippen LogP contribution in [0.2, 0.25) is 0 Å². The number of fused-ring (bicyclic) bond motifs is 3. The summed E-state index contributed by atoms with van der Waals surface area (Å²) in [6.45, 7) is 4.25. The molecule has 3 N–H and O–H groups in total. The molecule has 0 spiro atoms. The minimum atomic E-state index is 0.311. The van der Waals surface area contributed by atoms with Crippen LogP contribution in [0.15, 0.2) is 48.5 Å². The Morgan fingerprint density at radius 2 is 1.63 bits per heavy atom. The van der Waals surface area contributed by atoms with Crippen molar-refractivity contribution in [3.05, 3.63) is 65.2 Å². The number of nitrogens with one attached hydrogen (secondary N) is 1. The molecule has 27 heavy (non-hydrogen) atoms. The summed E-state index contributed by atoms with van der Waals surface area (Å²) in [6, 6.07) is 20.1. The van der Waals surface area contributed by atoms with Gasteiger partial charge in [0, 0.05) is 5.56 Å². The maximum Gasteiger partial charge on any atom is 0.250 e. The molecular formula is C22H18N5+. The quantitative estimate of drug-likeness (QED) is 0.534. The van der Waals surface area contributed by atoms with Crippen molar-refractivity contribution in [2.24, 2.45) is 0 Å². The van der Waals surface area contributed by atoms with Crippen LogP contribution < -0.4 is 10.1 Å². The highest BCUT2D eigenvalue weighted by Crippen LogP contribution is 2.33. The number of para-hydroxylation sites is 2. The number of nitrogens with two attached hydrogens (primary N) is 1. The van der Waals surface area contributed by atoms with E-state index < -0.39 is 0 Å². The van der Waals surface area contributed by atoms with Crippen LogP contribution in [0.4, 0.5) is 5.82 Å². The molecule has 5 nitrogen and oxygen atoms in total. The number of anilines is 1. The van der Waals surface area contributed by atoms with Gasteiger partial charge >= 0.3 is 0 Å². The lowest BCUT2D eigenvalue weighted by atomic mass is 9.93. The van der Waals surface area contributed by atoms with Gasteiger partial charge in [0.1, 0.15) is 34.3 Å². The number of rotatable bonds is 2. The van der Waals surface area contributed by atoms with E-state index in [1.807, 2.05) is 48.5 Å². The van der Waals surface area contributed by atoms with Gasteiger partial charge in [-0.05, 0) is 29.2 Å². The van der Waals surface area contributed by atoms with Gasteiger partial charge in [0.2, 0.25) is 5.82 Å². The number of benzene rings is 2. The molecule has 2 heterocycles. The smallest absolute Gasteiger partial charge is 0.250 e. The lowest BCUT2D eigenvalue weighted by Gasteiger charge is -2.11. The number of nitrogen functional groups attached to an aromatic ring is 1. The predicted octanol–water partition coefficient (Wildman–Crippen LogP) is 4.02. The van der Waals surface area contributed by atoms with Crippen molar-refractivity contribution in [1.29, 1.82) is 10.5 Å². The predicted molar refractivity (Wildman–Crippen MR) is 105 cm³/mol. The second-order valence-electron chi connectivity index (χ2n) is 6.84. The Hall–Kier alpha value is -3.83.